The average molecular weight is 432 g/mol. The maximum absolute atomic E-state index is 12.3. The summed E-state index contributed by atoms with van der Waals surface area (Å²) in [6.45, 7) is -0.191. The first kappa shape index (κ1) is 21.6. The number of carbonyl (C=O) groups is 2. The highest BCUT2D eigenvalue weighted by molar-refractivity contribution is 6.33. The molecule has 0 aliphatic rings. The van der Waals surface area contributed by atoms with Crippen molar-refractivity contribution in [2.75, 3.05) is 17.2 Å². The quantitative estimate of drug-likeness (QED) is 0.411. The fourth-order valence-corrected chi connectivity index (χ4v) is 2.78. The number of hydrogen-bond donors (Lipinski definition) is 2. The number of amides is 2. The van der Waals surface area contributed by atoms with E-state index < -0.39 is 5.91 Å². The molecule has 0 spiro atoms. The third-order valence-corrected chi connectivity index (χ3v) is 4.44. The largest absolute Gasteiger partial charge is 0.484 e. The van der Waals surface area contributed by atoms with Gasteiger partial charge in [0.25, 0.3) is 11.8 Å². The predicted molar refractivity (Wildman–Crippen MR) is 121 cm³/mol. The van der Waals surface area contributed by atoms with Crippen LogP contribution in [-0.2, 0) is 9.59 Å². The highest BCUT2D eigenvalue weighted by Crippen LogP contribution is 2.20. The van der Waals surface area contributed by atoms with Crippen molar-refractivity contribution in [3.8, 4) is 11.8 Å². The minimum Gasteiger partial charge on any atom is -0.484 e. The van der Waals surface area contributed by atoms with Gasteiger partial charge >= 0.3 is 0 Å². The van der Waals surface area contributed by atoms with E-state index in [0.29, 0.717) is 27.7 Å². The molecule has 0 heterocycles. The van der Waals surface area contributed by atoms with Gasteiger partial charge in [-0.15, -0.1) is 0 Å². The molecule has 31 heavy (non-hydrogen) atoms. The zero-order valence-corrected chi connectivity index (χ0v) is 17.1. The summed E-state index contributed by atoms with van der Waals surface area (Å²) >= 11 is 6.01. The Bertz CT molecular complexity index is 1140. The molecule has 0 saturated carbocycles. The Hall–Kier alpha value is -4.08. The molecule has 0 unspecified atom stereocenters. The fraction of sp³-hybridized carbons (Fsp3) is 0.0417. The van der Waals surface area contributed by atoms with Crippen molar-refractivity contribution in [3.05, 3.63) is 95.0 Å². The lowest BCUT2D eigenvalue weighted by Crippen LogP contribution is -2.20. The highest BCUT2D eigenvalue weighted by atomic mass is 35.5. The van der Waals surface area contributed by atoms with E-state index in [4.69, 9.17) is 16.3 Å². The maximum Gasteiger partial charge on any atom is 0.266 e. The van der Waals surface area contributed by atoms with Crippen LogP contribution in [0.2, 0.25) is 5.02 Å². The van der Waals surface area contributed by atoms with E-state index in [1.807, 2.05) is 12.1 Å². The maximum atomic E-state index is 12.3. The first-order valence-electron chi connectivity index (χ1n) is 9.30. The number of ether oxygens (including phenoxy) is 1. The SMILES string of the molecule is N#C/C(=C\c1ccc(OCC(=O)Nc2ccccc2Cl)cc1)C(=O)Nc1ccccc1. The van der Waals surface area contributed by atoms with Crippen LogP contribution < -0.4 is 15.4 Å². The van der Waals surface area contributed by atoms with Crippen molar-refractivity contribution in [1.29, 1.82) is 5.26 Å². The number of benzene rings is 3. The van der Waals surface area contributed by atoms with Crippen LogP contribution in [0.1, 0.15) is 5.56 Å². The van der Waals surface area contributed by atoms with Crippen molar-refractivity contribution in [1.82, 2.24) is 0 Å². The van der Waals surface area contributed by atoms with E-state index in [0.717, 1.165) is 0 Å². The van der Waals surface area contributed by atoms with Crippen LogP contribution in [0.15, 0.2) is 84.4 Å². The Labute approximate surface area is 184 Å². The number of nitrogens with zero attached hydrogens (tertiary/aromatic N) is 1. The van der Waals surface area contributed by atoms with Crippen molar-refractivity contribution in [2.24, 2.45) is 0 Å². The Kier molecular flexibility index (Phi) is 7.41. The number of hydrogen-bond acceptors (Lipinski definition) is 4. The molecule has 2 N–H and O–H groups in total. The molecule has 0 saturated heterocycles. The van der Waals surface area contributed by atoms with Crippen LogP contribution in [0.5, 0.6) is 5.75 Å². The van der Waals surface area contributed by atoms with Crippen LogP contribution in [-0.4, -0.2) is 18.4 Å². The van der Waals surface area contributed by atoms with Crippen LogP contribution in [0.25, 0.3) is 6.08 Å². The number of halogens is 1. The lowest BCUT2D eigenvalue weighted by molar-refractivity contribution is -0.118. The predicted octanol–water partition coefficient (Wildman–Crippen LogP) is 4.90. The molecule has 3 aromatic rings. The second kappa shape index (κ2) is 10.6. The van der Waals surface area contributed by atoms with Gasteiger partial charge in [-0.05, 0) is 48.0 Å². The minimum absolute atomic E-state index is 0.0309. The van der Waals surface area contributed by atoms with Crippen LogP contribution >= 0.6 is 11.6 Å². The smallest absolute Gasteiger partial charge is 0.266 e. The van der Waals surface area contributed by atoms with Crippen LogP contribution in [0, 0.1) is 11.3 Å². The third kappa shape index (κ3) is 6.46. The summed E-state index contributed by atoms with van der Waals surface area (Å²) in [5, 5.41) is 15.1. The summed E-state index contributed by atoms with van der Waals surface area (Å²) in [7, 11) is 0. The van der Waals surface area contributed by atoms with Gasteiger partial charge in [-0.25, -0.2) is 0 Å². The molecule has 0 atom stereocenters. The fourth-order valence-electron chi connectivity index (χ4n) is 2.59. The van der Waals surface area contributed by atoms with Gasteiger partial charge in [-0.1, -0.05) is 54.1 Å². The molecule has 0 bridgehead atoms. The van der Waals surface area contributed by atoms with E-state index in [-0.39, 0.29) is 18.1 Å². The van der Waals surface area contributed by atoms with Crippen molar-refractivity contribution in [2.45, 2.75) is 0 Å². The van der Waals surface area contributed by atoms with E-state index in [2.05, 4.69) is 10.6 Å². The standard InChI is InChI=1S/C24H18ClN3O3/c25-21-8-4-5-9-22(21)28-23(29)16-31-20-12-10-17(11-13-20)14-18(15-26)24(30)27-19-6-2-1-3-7-19/h1-14H,16H2,(H,27,30)(H,28,29)/b18-14+. The van der Waals surface area contributed by atoms with Crippen LogP contribution in [0.3, 0.4) is 0 Å². The average Bonchev–Trinajstić information content (AvgIpc) is 2.79. The Morgan fingerprint density at radius 3 is 2.29 bits per heavy atom. The van der Waals surface area contributed by atoms with Gasteiger partial charge in [-0.2, -0.15) is 5.26 Å². The monoisotopic (exact) mass is 431 g/mol. The topological polar surface area (TPSA) is 91.2 Å². The molecular weight excluding hydrogens is 414 g/mol. The molecule has 7 heteroatoms. The lowest BCUT2D eigenvalue weighted by Gasteiger charge is -2.09. The van der Waals surface area contributed by atoms with Gasteiger partial charge < -0.3 is 15.4 Å². The summed E-state index contributed by atoms with van der Waals surface area (Å²) < 4.78 is 5.47. The molecule has 6 nitrogen and oxygen atoms in total. The number of nitriles is 1. The van der Waals surface area contributed by atoms with Gasteiger partial charge in [0.2, 0.25) is 0 Å². The molecule has 0 radical (unpaired) electrons. The number of rotatable bonds is 7. The Morgan fingerprint density at radius 1 is 0.935 bits per heavy atom. The van der Waals surface area contributed by atoms with Gasteiger partial charge in [0.1, 0.15) is 17.4 Å². The zero-order valence-electron chi connectivity index (χ0n) is 16.3. The van der Waals surface area contributed by atoms with E-state index in [9.17, 15) is 14.9 Å². The van der Waals surface area contributed by atoms with Crippen molar-refractivity contribution in [3.63, 3.8) is 0 Å². The molecule has 0 aliphatic carbocycles. The lowest BCUT2D eigenvalue weighted by atomic mass is 10.1. The highest BCUT2D eigenvalue weighted by Gasteiger charge is 2.10. The van der Waals surface area contributed by atoms with Gasteiger partial charge in [0.15, 0.2) is 6.61 Å². The molecule has 2 amide bonds. The van der Waals surface area contributed by atoms with Crippen molar-refractivity contribution < 1.29 is 14.3 Å². The summed E-state index contributed by atoms with van der Waals surface area (Å²) in [6.07, 6.45) is 1.48. The van der Waals surface area contributed by atoms with Crippen molar-refractivity contribution >= 4 is 40.9 Å². The summed E-state index contributed by atoms with van der Waals surface area (Å²) in [5.74, 6) is -0.370. The Morgan fingerprint density at radius 2 is 1.61 bits per heavy atom. The summed E-state index contributed by atoms with van der Waals surface area (Å²) in [4.78, 5) is 24.3. The number of para-hydroxylation sites is 2. The molecule has 0 aromatic heterocycles. The molecule has 154 valence electrons. The second-order valence-corrected chi connectivity index (χ2v) is 6.78. The molecule has 0 aliphatic heterocycles. The Balaban J connectivity index is 1.57. The third-order valence-electron chi connectivity index (χ3n) is 4.11. The first-order valence-corrected chi connectivity index (χ1v) is 9.68. The normalized spacial score (nSPS) is 10.6. The van der Waals surface area contributed by atoms with Gasteiger partial charge in [-0.3, -0.25) is 9.59 Å². The van der Waals surface area contributed by atoms with Crippen LogP contribution in [0.4, 0.5) is 11.4 Å². The zero-order chi connectivity index (χ0) is 22.1. The molecular formula is C24H18ClN3O3. The van der Waals surface area contributed by atoms with E-state index >= 15 is 0 Å². The summed E-state index contributed by atoms with van der Waals surface area (Å²) in [6, 6.07) is 24.4. The van der Waals surface area contributed by atoms with Gasteiger partial charge in [0, 0.05) is 5.69 Å². The second-order valence-electron chi connectivity index (χ2n) is 6.38. The molecule has 0 fully saturated rings. The first-order chi connectivity index (χ1) is 15.0. The number of nitrogens with one attached hydrogen (secondary N) is 2. The minimum atomic E-state index is -0.495. The van der Waals surface area contributed by atoms with E-state index in [1.54, 1.807) is 72.8 Å². The summed E-state index contributed by atoms with van der Waals surface area (Å²) in [5.41, 5.74) is 1.73. The molecule has 3 rings (SSSR count). The molecule has 3 aromatic carbocycles. The van der Waals surface area contributed by atoms with E-state index in [1.165, 1.54) is 6.08 Å². The number of carbonyl (C=O) groups excluding carboxylic acids is 2. The van der Waals surface area contributed by atoms with Gasteiger partial charge in [0.05, 0.1) is 10.7 Å². The number of anilines is 2.